The van der Waals surface area contributed by atoms with Gasteiger partial charge in [0.25, 0.3) is 0 Å². The molecule has 0 aliphatic rings. The van der Waals surface area contributed by atoms with E-state index in [0.717, 1.165) is 23.0 Å². The van der Waals surface area contributed by atoms with Gasteiger partial charge in [0.15, 0.2) is 0 Å². The number of nitrogens with zero attached hydrogens (tertiary/aromatic N) is 3. The van der Waals surface area contributed by atoms with Crippen LogP contribution in [0.25, 0.3) is 16.7 Å². The van der Waals surface area contributed by atoms with Gasteiger partial charge in [-0.25, -0.2) is 0 Å². The Morgan fingerprint density at radius 2 is 1.71 bits per heavy atom. The van der Waals surface area contributed by atoms with Crippen molar-refractivity contribution in [1.82, 2.24) is 15.0 Å². The number of aromatic hydroxyl groups is 1. The first-order valence-corrected chi connectivity index (χ1v) is 6.85. The molecular weight excluding hydrogens is 273 g/mol. The van der Waals surface area contributed by atoms with Crippen molar-refractivity contribution in [1.29, 1.82) is 0 Å². The third-order valence-corrected chi connectivity index (χ3v) is 3.69. The fraction of sp³-hybridized carbons (Fsp3) is 0.250. The minimum absolute atomic E-state index is 0. The van der Waals surface area contributed by atoms with E-state index in [2.05, 4.69) is 24.0 Å². The quantitative estimate of drug-likeness (QED) is 0.725. The van der Waals surface area contributed by atoms with Crippen molar-refractivity contribution < 1.29 is 36.1 Å². The van der Waals surface area contributed by atoms with Crippen LogP contribution in [0.15, 0.2) is 42.5 Å². The Morgan fingerprint density at radius 1 is 1.10 bits per heavy atom. The molecular formula is C16H18N3NaO. The minimum Gasteiger partial charge on any atom is -1.00 e. The predicted molar refractivity (Wildman–Crippen MR) is 80.3 cm³/mol. The maximum atomic E-state index is 10.5. The van der Waals surface area contributed by atoms with E-state index < -0.39 is 0 Å². The molecule has 5 heteroatoms. The first kappa shape index (κ1) is 16.0. The van der Waals surface area contributed by atoms with Crippen LogP contribution in [0.4, 0.5) is 0 Å². The molecule has 1 unspecified atom stereocenters. The predicted octanol–water partition coefficient (Wildman–Crippen LogP) is 0.756. The molecule has 0 fully saturated rings. The van der Waals surface area contributed by atoms with Gasteiger partial charge in [0.2, 0.25) is 0 Å². The van der Waals surface area contributed by atoms with Crippen molar-refractivity contribution in [2.75, 3.05) is 0 Å². The van der Waals surface area contributed by atoms with Crippen LogP contribution in [-0.2, 0) is 0 Å². The number of aromatic nitrogens is 3. The van der Waals surface area contributed by atoms with Crippen LogP contribution >= 0.6 is 0 Å². The van der Waals surface area contributed by atoms with E-state index in [4.69, 9.17) is 0 Å². The second-order valence-electron chi connectivity index (χ2n) is 5.00. The summed E-state index contributed by atoms with van der Waals surface area (Å²) in [5.74, 6) is 0.571. The summed E-state index contributed by atoms with van der Waals surface area (Å²) in [6, 6.07) is 13.4. The van der Waals surface area contributed by atoms with Crippen LogP contribution < -0.4 is 29.6 Å². The number of rotatable bonds is 3. The molecule has 2 aromatic carbocycles. The summed E-state index contributed by atoms with van der Waals surface area (Å²) < 4.78 is 0. The maximum absolute atomic E-state index is 10.5. The molecule has 0 aliphatic heterocycles. The monoisotopic (exact) mass is 291 g/mol. The van der Waals surface area contributed by atoms with Gasteiger partial charge in [-0.15, -0.1) is 15.0 Å². The van der Waals surface area contributed by atoms with Crippen LogP contribution in [0.5, 0.6) is 5.75 Å². The van der Waals surface area contributed by atoms with E-state index >= 15 is 0 Å². The number of phenols is 1. The Labute approximate surface area is 147 Å². The first-order valence-electron chi connectivity index (χ1n) is 6.85. The van der Waals surface area contributed by atoms with Crippen LogP contribution in [-0.4, -0.2) is 20.1 Å². The first-order chi connectivity index (χ1) is 9.70. The van der Waals surface area contributed by atoms with Crippen molar-refractivity contribution in [2.24, 2.45) is 0 Å². The van der Waals surface area contributed by atoms with Crippen molar-refractivity contribution in [3.05, 3.63) is 48.0 Å². The van der Waals surface area contributed by atoms with Gasteiger partial charge in [-0.2, -0.15) is 0 Å². The molecule has 4 nitrogen and oxygen atoms in total. The Hall–Kier alpha value is -1.36. The van der Waals surface area contributed by atoms with E-state index in [1.54, 1.807) is 0 Å². The Morgan fingerprint density at radius 3 is 2.29 bits per heavy atom. The zero-order valence-corrected chi connectivity index (χ0v) is 14.6. The summed E-state index contributed by atoms with van der Waals surface area (Å²) in [5.41, 5.74) is 3.20. The molecule has 0 saturated carbocycles. The summed E-state index contributed by atoms with van der Waals surface area (Å²) in [4.78, 5) is 1.51. The van der Waals surface area contributed by atoms with Crippen molar-refractivity contribution in [3.63, 3.8) is 0 Å². The van der Waals surface area contributed by atoms with E-state index in [1.807, 2.05) is 42.5 Å². The van der Waals surface area contributed by atoms with Gasteiger partial charge in [-0.05, 0) is 36.1 Å². The second kappa shape index (κ2) is 6.60. The smallest absolute Gasteiger partial charge is 1.00 e. The molecule has 1 N–H and O–H groups in total. The fourth-order valence-electron chi connectivity index (χ4n) is 2.30. The molecule has 0 saturated heterocycles. The Balaban J connectivity index is 0.00000121. The minimum atomic E-state index is 0. The van der Waals surface area contributed by atoms with Crippen molar-refractivity contribution in [2.45, 2.75) is 26.2 Å². The summed E-state index contributed by atoms with van der Waals surface area (Å²) in [6.07, 6.45) is 0.978. The number of phenolic OH excluding ortho intramolecular Hbond substituents is 1. The Bertz CT molecular complexity index is 727. The molecule has 3 rings (SSSR count). The fourth-order valence-corrected chi connectivity index (χ4v) is 2.30. The SMILES string of the molecule is CCC(C)c1cccc(-n2nc3ccccc3n2)c1O.[H-].[Na+]. The number of hydrogen-bond donors (Lipinski definition) is 1. The van der Waals surface area contributed by atoms with E-state index in [1.165, 1.54) is 4.80 Å². The number of hydrogen-bond acceptors (Lipinski definition) is 3. The van der Waals surface area contributed by atoms with Gasteiger partial charge in [0.1, 0.15) is 22.5 Å². The standard InChI is InChI=1S/C16H17N3O.Na.H/c1-3-11(2)12-7-6-10-15(16(12)20)19-17-13-8-4-5-9-14(13)18-19;;/h4-11,20H,3H2,1-2H3;;/q;+1;-1. The number of benzene rings is 2. The average molecular weight is 291 g/mol. The molecule has 1 heterocycles. The zero-order chi connectivity index (χ0) is 14.1. The molecule has 21 heavy (non-hydrogen) atoms. The van der Waals surface area contributed by atoms with Crippen LogP contribution in [0, 0.1) is 0 Å². The molecule has 0 aliphatic carbocycles. The molecule has 0 radical (unpaired) electrons. The summed E-state index contributed by atoms with van der Waals surface area (Å²) in [7, 11) is 0. The maximum Gasteiger partial charge on any atom is 1.00 e. The van der Waals surface area contributed by atoms with Crippen molar-refractivity contribution >= 4 is 11.0 Å². The van der Waals surface area contributed by atoms with E-state index in [0.29, 0.717) is 11.6 Å². The second-order valence-corrected chi connectivity index (χ2v) is 5.00. The molecule has 1 aromatic heterocycles. The van der Waals surface area contributed by atoms with Gasteiger partial charge >= 0.3 is 29.6 Å². The molecule has 104 valence electrons. The number of fused-ring (bicyclic) bond motifs is 1. The van der Waals surface area contributed by atoms with Crippen LogP contribution in [0.1, 0.15) is 33.2 Å². The van der Waals surface area contributed by atoms with Gasteiger partial charge in [0.05, 0.1) is 0 Å². The largest absolute Gasteiger partial charge is 1.00 e. The third-order valence-electron chi connectivity index (χ3n) is 3.69. The normalized spacial score (nSPS) is 12.1. The summed E-state index contributed by atoms with van der Waals surface area (Å²) >= 11 is 0. The molecule has 0 spiro atoms. The van der Waals surface area contributed by atoms with E-state index in [-0.39, 0.29) is 36.7 Å². The Kier molecular flexibility index (Phi) is 5.04. The van der Waals surface area contributed by atoms with Gasteiger partial charge < -0.3 is 6.53 Å². The average Bonchev–Trinajstić information content (AvgIpc) is 2.90. The van der Waals surface area contributed by atoms with E-state index in [9.17, 15) is 5.11 Å². The topological polar surface area (TPSA) is 50.9 Å². The third kappa shape index (κ3) is 2.98. The summed E-state index contributed by atoms with van der Waals surface area (Å²) in [5, 5.41) is 19.3. The van der Waals surface area contributed by atoms with Crippen LogP contribution in [0.3, 0.4) is 0 Å². The number of para-hydroxylation sites is 1. The van der Waals surface area contributed by atoms with Crippen molar-refractivity contribution in [3.8, 4) is 11.4 Å². The van der Waals surface area contributed by atoms with Crippen LogP contribution in [0.2, 0.25) is 0 Å². The molecule has 3 aromatic rings. The van der Waals surface area contributed by atoms with Gasteiger partial charge in [0, 0.05) is 0 Å². The molecule has 0 amide bonds. The van der Waals surface area contributed by atoms with Gasteiger partial charge in [-0.3, -0.25) is 0 Å². The summed E-state index contributed by atoms with van der Waals surface area (Å²) in [6.45, 7) is 4.21. The molecule has 0 bridgehead atoms. The molecule has 1 atom stereocenters. The zero-order valence-electron chi connectivity index (χ0n) is 13.6. The van der Waals surface area contributed by atoms with Gasteiger partial charge in [-0.1, -0.05) is 38.1 Å².